The normalized spacial score (nSPS) is 7.80. The van der Waals surface area contributed by atoms with Crippen LogP contribution in [0.3, 0.4) is 0 Å². The van der Waals surface area contributed by atoms with Gasteiger partial charge in [0.1, 0.15) is 5.78 Å². The van der Waals surface area contributed by atoms with Gasteiger partial charge in [-0.15, -0.1) is 0 Å². The van der Waals surface area contributed by atoms with Crippen molar-refractivity contribution in [1.82, 2.24) is 4.98 Å². The summed E-state index contributed by atoms with van der Waals surface area (Å²) in [5.74, 6) is 0.255. The van der Waals surface area contributed by atoms with E-state index in [1.165, 1.54) is 0 Å². The van der Waals surface area contributed by atoms with Crippen molar-refractivity contribution in [2.45, 2.75) is 20.3 Å². The molecule has 10 heavy (non-hydrogen) atoms. The molecule has 2 heteroatoms. The van der Waals surface area contributed by atoms with Gasteiger partial charge >= 0.3 is 0 Å². The average Bonchev–Trinajstić information content (AvgIpc) is 2.43. The predicted octanol–water partition coefficient (Wildman–Crippen LogP) is 2.00. The zero-order valence-electron chi connectivity index (χ0n) is 6.42. The summed E-state index contributed by atoms with van der Waals surface area (Å²) in [5, 5.41) is 0. The van der Waals surface area contributed by atoms with Gasteiger partial charge in [-0.2, -0.15) is 0 Å². The quantitative estimate of drug-likeness (QED) is 0.634. The summed E-state index contributed by atoms with van der Waals surface area (Å²) in [6.07, 6.45) is 4.42. The maximum atomic E-state index is 9.81. The second-order valence-electron chi connectivity index (χ2n) is 1.94. The van der Waals surface area contributed by atoms with Crippen molar-refractivity contribution in [3.63, 3.8) is 0 Å². The molecule has 2 nitrogen and oxygen atoms in total. The van der Waals surface area contributed by atoms with Crippen molar-refractivity contribution in [1.29, 1.82) is 0 Å². The molecular formula is C8H13NO. The highest BCUT2D eigenvalue weighted by atomic mass is 16.1. The van der Waals surface area contributed by atoms with Crippen molar-refractivity contribution in [2.75, 3.05) is 0 Å². The number of rotatable bonds is 1. The topological polar surface area (TPSA) is 32.9 Å². The van der Waals surface area contributed by atoms with Crippen molar-refractivity contribution in [3.8, 4) is 0 Å². The standard InChI is InChI=1S/C4H5N.C4H8O/c1-2-4-5-3-1;1-3-4(2)5/h1-5H;3H2,1-2H3. The van der Waals surface area contributed by atoms with E-state index < -0.39 is 0 Å². The van der Waals surface area contributed by atoms with Crippen LogP contribution < -0.4 is 0 Å². The molecule has 0 aliphatic rings. The van der Waals surface area contributed by atoms with Gasteiger partial charge in [-0.1, -0.05) is 6.92 Å². The molecule has 0 aliphatic carbocycles. The predicted molar refractivity (Wildman–Crippen MR) is 41.8 cm³/mol. The third kappa shape index (κ3) is 6.95. The van der Waals surface area contributed by atoms with Gasteiger partial charge in [0.2, 0.25) is 0 Å². The number of hydrogen-bond acceptors (Lipinski definition) is 1. The van der Waals surface area contributed by atoms with Crippen LogP contribution in [-0.2, 0) is 4.79 Å². The van der Waals surface area contributed by atoms with E-state index in [2.05, 4.69) is 4.98 Å². The van der Waals surface area contributed by atoms with Gasteiger partial charge in [0, 0.05) is 18.8 Å². The molecule has 0 radical (unpaired) electrons. The van der Waals surface area contributed by atoms with Gasteiger partial charge in [-0.05, 0) is 19.1 Å². The van der Waals surface area contributed by atoms with E-state index >= 15 is 0 Å². The Morgan fingerprint density at radius 2 is 1.80 bits per heavy atom. The minimum Gasteiger partial charge on any atom is -0.368 e. The number of Topliss-reactive ketones (excluding diaryl/α,β-unsaturated/α-hetero) is 1. The summed E-state index contributed by atoms with van der Waals surface area (Å²) in [4.78, 5) is 12.7. The highest BCUT2D eigenvalue weighted by Crippen LogP contribution is 1.72. The Morgan fingerprint density at radius 1 is 1.40 bits per heavy atom. The van der Waals surface area contributed by atoms with Crippen LogP contribution in [0.2, 0.25) is 0 Å². The Bertz CT molecular complexity index is 139. The summed E-state index contributed by atoms with van der Waals surface area (Å²) in [5.41, 5.74) is 0. The summed E-state index contributed by atoms with van der Waals surface area (Å²) in [6.45, 7) is 3.43. The van der Waals surface area contributed by atoms with Crippen LogP contribution in [0.4, 0.5) is 0 Å². The highest BCUT2D eigenvalue weighted by Gasteiger charge is 1.76. The minimum atomic E-state index is 0.255. The van der Waals surface area contributed by atoms with E-state index in [0.717, 1.165) is 0 Å². The molecule has 0 spiro atoms. The fraction of sp³-hybridized carbons (Fsp3) is 0.375. The van der Waals surface area contributed by atoms with E-state index in [9.17, 15) is 4.79 Å². The molecule has 1 aromatic heterocycles. The Hall–Kier alpha value is -1.05. The number of H-pyrrole nitrogens is 1. The highest BCUT2D eigenvalue weighted by molar-refractivity contribution is 5.74. The van der Waals surface area contributed by atoms with Crippen LogP contribution in [0.1, 0.15) is 20.3 Å². The van der Waals surface area contributed by atoms with Crippen LogP contribution in [-0.4, -0.2) is 10.8 Å². The molecule has 0 saturated heterocycles. The zero-order valence-corrected chi connectivity index (χ0v) is 6.42. The molecule has 56 valence electrons. The Morgan fingerprint density at radius 3 is 1.90 bits per heavy atom. The van der Waals surface area contributed by atoms with Gasteiger partial charge in [0.05, 0.1) is 0 Å². The number of ketones is 1. The lowest BCUT2D eigenvalue weighted by Crippen LogP contribution is -1.80. The molecule has 0 saturated carbocycles. The zero-order chi connectivity index (χ0) is 7.82. The van der Waals surface area contributed by atoms with Crippen LogP contribution >= 0.6 is 0 Å². The molecule has 0 atom stereocenters. The maximum absolute atomic E-state index is 9.81. The van der Waals surface area contributed by atoms with Gasteiger partial charge in [0.25, 0.3) is 0 Å². The van der Waals surface area contributed by atoms with Crippen LogP contribution in [0.25, 0.3) is 0 Å². The maximum Gasteiger partial charge on any atom is 0.129 e. The molecule has 1 heterocycles. The molecule has 0 fully saturated rings. The number of aromatic amines is 1. The third-order valence-electron chi connectivity index (χ3n) is 0.994. The first-order valence-corrected chi connectivity index (χ1v) is 3.34. The molecule has 0 amide bonds. The van der Waals surface area contributed by atoms with Gasteiger partial charge < -0.3 is 9.78 Å². The molecule has 1 aromatic rings. The van der Waals surface area contributed by atoms with E-state index in [1.807, 2.05) is 31.5 Å². The summed E-state index contributed by atoms with van der Waals surface area (Å²) in [6, 6.07) is 3.89. The summed E-state index contributed by atoms with van der Waals surface area (Å²) in [7, 11) is 0. The smallest absolute Gasteiger partial charge is 0.129 e. The average molecular weight is 139 g/mol. The lowest BCUT2D eigenvalue weighted by molar-refractivity contribution is -0.116. The number of nitrogens with one attached hydrogen (secondary N) is 1. The molecule has 0 unspecified atom stereocenters. The largest absolute Gasteiger partial charge is 0.368 e. The van der Waals surface area contributed by atoms with Crippen LogP contribution in [0.5, 0.6) is 0 Å². The van der Waals surface area contributed by atoms with Crippen molar-refractivity contribution in [2.24, 2.45) is 0 Å². The van der Waals surface area contributed by atoms with Gasteiger partial charge in [-0.3, -0.25) is 0 Å². The van der Waals surface area contributed by atoms with Crippen LogP contribution in [0.15, 0.2) is 24.5 Å². The van der Waals surface area contributed by atoms with Crippen LogP contribution in [0, 0.1) is 0 Å². The summed E-state index contributed by atoms with van der Waals surface area (Å²) < 4.78 is 0. The minimum absolute atomic E-state index is 0.255. The monoisotopic (exact) mass is 139 g/mol. The van der Waals surface area contributed by atoms with Crippen molar-refractivity contribution >= 4 is 5.78 Å². The first-order chi connectivity index (χ1) is 4.77. The van der Waals surface area contributed by atoms with E-state index in [-0.39, 0.29) is 5.78 Å². The Labute approximate surface area is 61.3 Å². The molecule has 0 aromatic carbocycles. The van der Waals surface area contributed by atoms with Crippen molar-refractivity contribution in [3.05, 3.63) is 24.5 Å². The first-order valence-electron chi connectivity index (χ1n) is 3.34. The Balaban J connectivity index is 0.000000162. The van der Waals surface area contributed by atoms with E-state index in [0.29, 0.717) is 6.42 Å². The van der Waals surface area contributed by atoms with E-state index in [1.54, 1.807) is 6.92 Å². The SMILES string of the molecule is CCC(C)=O.c1cc[nH]c1. The van der Waals surface area contributed by atoms with E-state index in [4.69, 9.17) is 0 Å². The number of hydrogen-bond donors (Lipinski definition) is 1. The summed E-state index contributed by atoms with van der Waals surface area (Å²) >= 11 is 0. The lowest BCUT2D eigenvalue weighted by atomic mass is 10.4. The molecule has 0 aliphatic heterocycles. The van der Waals surface area contributed by atoms with Crippen molar-refractivity contribution < 1.29 is 4.79 Å². The molecular weight excluding hydrogens is 126 g/mol. The molecule has 1 N–H and O–H groups in total. The fourth-order valence-corrected chi connectivity index (χ4v) is 0.278. The Kier molecular flexibility index (Phi) is 5.44. The fourth-order valence-electron chi connectivity index (χ4n) is 0.278. The van der Waals surface area contributed by atoms with Gasteiger partial charge in [0.15, 0.2) is 0 Å². The molecule has 1 rings (SSSR count). The number of carbonyl (C=O) groups is 1. The second kappa shape index (κ2) is 6.08. The third-order valence-corrected chi connectivity index (χ3v) is 0.994. The molecule has 0 bridgehead atoms. The second-order valence-corrected chi connectivity index (χ2v) is 1.94. The van der Waals surface area contributed by atoms with Gasteiger partial charge in [-0.25, -0.2) is 0 Å². The lowest BCUT2D eigenvalue weighted by Gasteiger charge is -1.71. The number of aromatic nitrogens is 1. The first kappa shape index (κ1) is 8.95. The number of carbonyl (C=O) groups excluding carboxylic acids is 1.